The maximum atomic E-state index is 13.0. The van der Waals surface area contributed by atoms with E-state index >= 15 is 0 Å². The maximum Gasteiger partial charge on any atom is 0.305 e. The number of unbranched alkanes of at least 4 members (excludes halogenated alkanes) is 37. The van der Waals surface area contributed by atoms with E-state index in [1.807, 2.05) is 6.08 Å². The molecule has 0 spiro atoms. The van der Waals surface area contributed by atoms with E-state index < -0.39 is 49.5 Å². The molecule has 1 aliphatic heterocycles. The second-order valence-corrected chi connectivity index (χ2v) is 21.4. The molecule has 1 rings (SSSR count). The summed E-state index contributed by atoms with van der Waals surface area (Å²) in [7, 11) is 0. The third-order valence-electron chi connectivity index (χ3n) is 14.6. The number of carbonyl (C=O) groups is 2. The van der Waals surface area contributed by atoms with Crippen molar-refractivity contribution in [3.8, 4) is 0 Å². The Kier molecular flexibility index (Phi) is 48.5. The van der Waals surface area contributed by atoms with E-state index in [0.29, 0.717) is 19.4 Å². The number of aliphatic hydroxyl groups is 5. The van der Waals surface area contributed by atoms with E-state index in [4.69, 9.17) is 14.2 Å². The Morgan fingerprint density at radius 3 is 1.38 bits per heavy atom. The van der Waals surface area contributed by atoms with Crippen molar-refractivity contribution in [1.29, 1.82) is 0 Å². The minimum atomic E-state index is -1.57. The molecule has 6 N–H and O–H groups in total. The molecule has 0 radical (unpaired) electrons. The molecular weight excluding hydrogens is 907 g/mol. The quantitative estimate of drug-likeness (QED) is 0.0195. The average molecular weight is 1020 g/mol. The van der Waals surface area contributed by atoms with Crippen LogP contribution in [0, 0.1) is 0 Å². The summed E-state index contributed by atoms with van der Waals surface area (Å²) in [6.07, 6.45) is 51.5. The highest BCUT2D eigenvalue weighted by atomic mass is 16.7. The minimum absolute atomic E-state index is 0.00196. The molecule has 11 heteroatoms. The molecule has 1 aliphatic rings. The van der Waals surface area contributed by atoms with Gasteiger partial charge in [0.15, 0.2) is 6.29 Å². The van der Waals surface area contributed by atoms with Crippen molar-refractivity contribution < 1.29 is 49.3 Å². The highest BCUT2D eigenvalue weighted by molar-refractivity contribution is 5.76. The van der Waals surface area contributed by atoms with Crippen LogP contribution in [-0.2, 0) is 23.8 Å². The predicted octanol–water partition coefficient (Wildman–Crippen LogP) is 14.1. The van der Waals surface area contributed by atoms with Gasteiger partial charge in [-0.2, -0.15) is 0 Å². The zero-order chi connectivity index (χ0) is 52.4. The number of hydrogen-bond donors (Lipinski definition) is 6. The molecule has 0 aromatic heterocycles. The summed E-state index contributed by atoms with van der Waals surface area (Å²) < 4.78 is 16.7. The lowest BCUT2D eigenvalue weighted by Gasteiger charge is -2.40. The largest absolute Gasteiger partial charge is 0.466 e. The monoisotopic (exact) mass is 1020 g/mol. The molecule has 1 fully saturated rings. The average Bonchev–Trinajstić information content (AvgIpc) is 3.38. The summed E-state index contributed by atoms with van der Waals surface area (Å²) in [4.78, 5) is 25.0. The van der Waals surface area contributed by atoms with Crippen molar-refractivity contribution >= 4 is 11.9 Å². The standard InChI is InChI=1S/C61H115NO10/c1-3-5-7-9-11-13-28-33-37-41-45-49-57(66)70-50-46-42-38-34-30-27-25-23-21-19-17-15-16-18-20-22-24-26-29-32-36-40-44-48-56(65)62-53(52-71-61-60(69)59(68)58(67)55(51-63)72-61)54(64)47-43-39-35-31-14-12-10-8-6-4-2/h14,31,43,47,53-55,58-61,63-64,67-69H,3-13,15-30,32-42,44-46,48-52H2,1-2H3,(H,62,65)/b31-14+,47-43+. The summed E-state index contributed by atoms with van der Waals surface area (Å²) in [5.74, 6) is -0.190. The molecule has 72 heavy (non-hydrogen) atoms. The number of ether oxygens (including phenoxy) is 3. The molecule has 1 heterocycles. The molecule has 11 nitrogen and oxygen atoms in total. The molecule has 0 aromatic carbocycles. The van der Waals surface area contributed by atoms with Gasteiger partial charge in [0.1, 0.15) is 24.4 Å². The lowest BCUT2D eigenvalue weighted by atomic mass is 9.99. The van der Waals surface area contributed by atoms with Crippen molar-refractivity contribution in [3.05, 3.63) is 24.3 Å². The van der Waals surface area contributed by atoms with Crippen LogP contribution in [0.1, 0.15) is 290 Å². The summed E-state index contributed by atoms with van der Waals surface area (Å²) in [5, 5.41) is 54.2. The van der Waals surface area contributed by atoms with E-state index in [-0.39, 0.29) is 18.5 Å². The van der Waals surface area contributed by atoms with Gasteiger partial charge in [-0.1, -0.05) is 256 Å². The van der Waals surface area contributed by atoms with Crippen molar-refractivity contribution in [3.63, 3.8) is 0 Å². The number of allylic oxidation sites excluding steroid dienone is 3. The fraction of sp³-hybridized carbons (Fsp3) is 0.902. The van der Waals surface area contributed by atoms with Gasteiger partial charge in [0, 0.05) is 12.8 Å². The van der Waals surface area contributed by atoms with Gasteiger partial charge in [0.25, 0.3) is 0 Å². The first-order valence-electron chi connectivity index (χ1n) is 30.6. The van der Waals surface area contributed by atoms with Gasteiger partial charge >= 0.3 is 5.97 Å². The van der Waals surface area contributed by atoms with Crippen molar-refractivity contribution in [2.24, 2.45) is 0 Å². The molecule has 1 saturated heterocycles. The zero-order valence-corrected chi connectivity index (χ0v) is 46.7. The number of carbonyl (C=O) groups excluding carboxylic acids is 2. The lowest BCUT2D eigenvalue weighted by Crippen LogP contribution is -2.60. The van der Waals surface area contributed by atoms with Crippen LogP contribution in [0.2, 0.25) is 0 Å². The normalized spacial score (nSPS) is 19.1. The van der Waals surface area contributed by atoms with Gasteiger partial charge in [-0.05, 0) is 44.9 Å². The van der Waals surface area contributed by atoms with Gasteiger partial charge in [0.2, 0.25) is 5.91 Å². The summed E-state index contributed by atoms with van der Waals surface area (Å²) >= 11 is 0. The second kappa shape index (κ2) is 51.3. The Hall–Kier alpha value is -1.86. The molecule has 7 unspecified atom stereocenters. The Balaban J connectivity index is 2.01. The third-order valence-corrected chi connectivity index (χ3v) is 14.6. The van der Waals surface area contributed by atoms with Crippen LogP contribution in [0.25, 0.3) is 0 Å². The van der Waals surface area contributed by atoms with E-state index in [2.05, 4.69) is 31.3 Å². The molecule has 1 amide bonds. The Labute approximate surface area is 441 Å². The van der Waals surface area contributed by atoms with Crippen LogP contribution >= 0.6 is 0 Å². The van der Waals surface area contributed by atoms with E-state index in [0.717, 1.165) is 57.8 Å². The highest BCUT2D eigenvalue weighted by Crippen LogP contribution is 2.23. The minimum Gasteiger partial charge on any atom is -0.466 e. The number of nitrogens with one attached hydrogen (secondary N) is 1. The van der Waals surface area contributed by atoms with Crippen LogP contribution < -0.4 is 5.32 Å². The Morgan fingerprint density at radius 2 is 0.903 bits per heavy atom. The molecule has 0 bridgehead atoms. The van der Waals surface area contributed by atoms with Crippen molar-refractivity contribution in [2.75, 3.05) is 19.8 Å². The first kappa shape index (κ1) is 68.2. The SMILES string of the molecule is CCCCCC/C=C/CC/C=C/C(O)C(COC1OC(CO)C(O)C(O)C1O)NC(=O)CCCCCCCCCCCCCCCCCCCCCCCCCOC(=O)CCCCCCCCCCCCC. The van der Waals surface area contributed by atoms with Crippen LogP contribution in [-0.4, -0.2) is 100 Å². The Bertz CT molecular complexity index is 1250. The molecular formula is C61H115NO10. The van der Waals surface area contributed by atoms with Crippen LogP contribution in [0.15, 0.2) is 24.3 Å². The number of hydrogen-bond acceptors (Lipinski definition) is 10. The predicted molar refractivity (Wildman–Crippen MR) is 297 cm³/mol. The van der Waals surface area contributed by atoms with Crippen LogP contribution in [0.3, 0.4) is 0 Å². The van der Waals surface area contributed by atoms with E-state index in [1.165, 1.54) is 205 Å². The fourth-order valence-corrected chi connectivity index (χ4v) is 9.69. The Morgan fingerprint density at radius 1 is 0.500 bits per heavy atom. The summed E-state index contributed by atoms with van der Waals surface area (Å²) in [6, 6.07) is -0.825. The number of esters is 1. The van der Waals surface area contributed by atoms with Gasteiger partial charge in [0.05, 0.1) is 32.0 Å². The highest BCUT2D eigenvalue weighted by Gasteiger charge is 2.44. The molecule has 0 aliphatic carbocycles. The van der Waals surface area contributed by atoms with E-state index in [1.54, 1.807) is 6.08 Å². The van der Waals surface area contributed by atoms with Gasteiger partial charge in [-0.25, -0.2) is 0 Å². The lowest BCUT2D eigenvalue weighted by molar-refractivity contribution is -0.302. The molecule has 424 valence electrons. The first-order chi connectivity index (χ1) is 35.2. The first-order valence-corrected chi connectivity index (χ1v) is 30.6. The van der Waals surface area contributed by atoms with Crippen molar-refractivity contribution in [1.82, 2.24) is 5.32 Å². The second-order valence-electron chi connectivity index (χ2n) is 21.4. The smallest absolute Gasteiger partial charge is 0.305 e. The van der Waals surface area contributed by atoms with Gasteiger partial charge in [-0.15, -0.1) is 0 Å². The topological polar surface area (TPSA) is 175 Å². The third kappa shape index (κ3) is 40.5. The summed E-state index contributed by atoms with van der Waals surface area (Å²) in [5.41, 5.74) is 0. The van der Waals surface area contributed by atoms with Gasteiger partial charge < -0.3 is 45.1 Å². The summed E-state index contributed by atoms with van der Waals surface area (Å²) in [6.45, 7) is 4.30. The number of rotatable bonds is 53. The van der Waals surface area contributed by atoms with Crippen LogP contribution in [0.4, 0.5) is 0 Å². The maximum absolute atomic E-state index is 13.0. The molecule has 0 aromatic rings. The number of amides is 1. The van der Waals surface area contributed by atoms with E-state index in [9.17, 15) is 35.1 Å². The van der Waals surface area contributed by atoms with Crippen LogP contribution in [0.5, 0.6) is 0 Å². The molecule has 0 saturated carbocycles. The zero-order valence-electron chi connectivity index (χ0n) is 46.7. The fourth-order valence-electron chi connectivity index (χ4n) is 9.69. The number of aliphatic hydroxyl groups excluding tert-OH is 5. The van der Waals surface area contributed by atoms with Gasteiger partial charge in [-0.3, -0.25) is 9.59 Å². The van der Waals surface area contributed by atoms with Crippen molar-refractivity contribution in [2.45, 2.75) is 333 Å². The molecule has 7 atom stereocenters.